The van der Waals surface area contributed by atoms with Crippen LogP contribution in [0.2, 0.25) is 0 Å². The van der Waals surface area contributed by atoms with Crippen LogP contribution in [0.5, 0.6) is 0 Å². The quantitative estimate of drug-likeness (QED) is 0.672. The molecule has 3 aromatic rings. The van der Waals surface area contributed by atoms with Crippen LogP contribution >= 0.6 is 0 Å². The number of rotatable bonds is 2. The van der Waals surface area contributed by atoms with Gasteiger partial charge in [-0.05, 0) is 31.2 Å². The number of furan rings is 2. The Morgan fingerprint density at radius 2 is 1.71 bits per heavy atom. The second kappa shape index (κ2) is 3.90. The highest BCUT2D eigenvalue weighted by molar-refractivity contribution is 5.74. The minimum atomic E-state index is 0.701. The van der Waals surface area contributed by atoms with Crippen molar-refractivity contribution >= 4 is 0 Å². The number of hydrogen-bond donors (Lipinski definition) is 0. The van der Waals surface area contributed by atoms with Crippen molar-refractivity contribution in [2.24, 2.45) is 0 Å². The first-order chi connectivity index (χ1) is 8.34. The number of hydrogen-bond acceptors (Lipinski definition) is 4. The molecule has 4 nitrogen and oxygen atoms in total. The van der Waals surface area contributed by atoms with Crippen molar-refractivity contribution in [1.82, 2.24) is 9.97 Å². The summed E-state index contributed by atoms with van der Waals surface area (Å²) in [6, 6.07) is 7.41. The van der Waals surface area contributed by atoms with Crippen molar-refractivity contribution in [3.63, 3.8) is 0 Å². The number of nitrogens with zero attached hydrogens (tertiary/aromatic N) is 2. The van der Waals surface area contributed by atoms with Crippen molar-refractivity contribution in [3.8, 4) is 22.8 Å². The summed E-state index contributed by atoms with van der Waals surface area (Å²) in [5.74, 6) is 2.14. The summed E-state index contributed by atoms with van der Waals surface area (Å²) in [6.45, 7) is 1.85. The topological polar surface area (TPSA) is 52.1 Å². The van der Waals surface area contributed by atoms with E-state index in [1.807, 2.05) is 31.2 Å². The molecule has 3 heterocycles. The zero-order valence-electron chi connectivity index (χ0n) is 9.25. The summed E-state index contributed by atoms with van der Waals surface area (Å²) in [4.78, 5) is 8.60. The van der Waals surface area contributed by atoms with E-state index in [-0.39, 0.29) is 0 Å². The maximum absolute atomic E-state index is 5.38. The van der Waals surface area contributed by atoms with Crippen LogP contribution in [0.3, 0.4) is 0 Å². The molecule has 0 aliphatic heterocycles. The minimum Gasteiger partial charge on any atom is -0.464 e. The van der Waals surface area contributed by atoms with Gasteiger partial charge in [0.2, 0.25) is 0 Å². The van der Waals surface area contributed by atoms with Crippen LogP contribution in [0, 0.1) is 6.92 Å². The van der Waals surface area contributed by atoms with Gasteiger partial charge in [-0.25, -0.2) is 9.97 Å². The third-order valence-electron chi connectivity index (χ3n) is 2.45. The Morgan fingerprint density at radius 3 is 2.35 bits per heavy atom. The molecule has 0 unspecified atom stereocenters. The van der Waals surface area contributed by atoms with Crippen molar-refractivity contribution in [1.29, 1.82) is 0 Å². The molecule has 3 rings (SSSR count). The number of aryl methyl sites for hydroxylation is 1. The van der Waals surface area contributed by atoms with E-state index in [2.05, 4.69) is 9.97 Å². The maximum atomic E-state index is 5.38. The first kappa shape index (κ1) is 9.84. The molecular weight excluding hydrogens is 216 g/mol. The summed E-state index contributed by atoms with van der Waals surface area (Å²) in [5, 5.41) is 0. The second-order valence-electron chi connectivity index (χ2n) is 3.63. The standard InChI is InChI=1S/C13H10N2O2/c1-9-14-8-10(11-4-2-6-16-11)13(15-9)12-5-3-7-17-12/h2-8H,1H3. The lowest BCUT2D eigenvalue weighted by atomic mass is 10.1. The first-order valence-corrected chi connectivity index (χ1v) is 5.26. The molecule has 0 aliphatic carbocycles. The Kier molecular flexibility index (Phi) is 2.26. The van der Waals surface area contributed by atoms with E-state index in [0.29, 0.717) is 11.6 Å². The van der Waals surface area contributed by atoms with Gasteiger partial charge in [-0.15, -0.1) is 0 Å². The van der Waals surface area contributed by atoms with Crippen LogP contribution in [0.15, 0.2) is 51.8 Å². The molecule has 0 aliphatic rings. The van der Waals surface area contributed by atoms with Gasteiger partial charge in [-0.3, -0.25) is 0 Å². The summed E-state index contributed by atoms with van der Waals surface area (Å²) in [5.41, 5.74) is 1.58. The van der Waals surface area contributed by atoms with Crippen LogP contribution in [0.1, 0.15) is 5.82 Å². The molecule has 0 saturated heterocycles. The molecule has 0 spiro atoms. The lowest BCUT2D eigenvalue weighted by Gasteiger charge is -2.04. The second-order valence-corrected chi connectivity index (χ2v) is 3.63. The summed E-state index contributed by atoms with van der Waals surface area (Å²) in [6.07, 6.45) is 5.00. The molecule has 3 aromatic heterocycles. The maximum Gasteiger partial charge on any atom is 0.153 e. The van der Waals surface area contributed by atoms with Gasteiger partial charge in [0.25, 0.3) is 0 Å². The molecule has 17 heavy (non-hydrogen) atoms. The average molecular weight is 226 g/mol. The van der Waals surface area contributed by atoms with Crippen molar-refractivity contribution in [3.05, 3.63) is 48.8 Å². The first-order valence-electron chi connectivity index (χ1n) is 5.26. The smallest absolute Gasteiger partial charge is 0.153 e. The molecule has 84 valence electrons. The van der Waals surface area contributed by atoms with Gasteiger partial charge >= 0.3 is 0 Å². The fourth-order valence-corrected chi connectivity index (χ4v) is 1.68. The zero-order chi connectivity index (χ0) is 11.7. The van der Waals surface area contributed by atoms with E-state index < -0.39 is 0 Å². The lowest BCUT2D eigenvalue weighted by molar-refractivity contribution is 0.573. The highest BCUT2D eigenvalue weighted by Crippen LogP contribution is 2.30. The molecule has 0 atom stereocenters. The Bertz CT molecular complexity index is 613. The molecule has 0 saturated carbocycles. The third-order valence-corrected chi connectivity index (χ3v) is 2.45. The molecule has 4 heteroatoms. The average Bonchev–Trinajstić information content (AvgIpc) is 3.02. The SMILES string of the molecule is Cc1ncc(-c2ccco2)c(-c2ccco2)n1. The van der Waals surface area contributed by atoms with E-state index in [4.69, 9.17) is 8.83 Å². The van der Waals surface area contributed by atoms with Crippen LogP contribution in [-0.4, -0.2) is 9.97 Å². The fourth-order valence-electron chi connectivity index (χ4n) is 1.68. The molecule has 0 bridgehead atoms. The van der Waals surface area contributed by atoms with E-state index in [9.17, 15) is 0 Å². The van der Waals surface area contributed by atoms with Crippen LogP contribution in [-0.2, 0) is 0 Å². The van der Waals surface area contributed by atoms with Crippen molar-refractivity contribution in [2.75, 3.05) is 0 Å². The molecule has 0 radical (unpaired) electrons. The van der Waals surface area contributed by atoms with Crippen LogP contribution < -0.4 is 0 Å². The van der Waals surface area contributed by atoms with E-state index >= 15 is 0 Å². The Hall–Kier alpha value is -2.36. The van der Waals surface area contributed by atoms with Crippen LogP contribution in [0.4, 0.5) is 0 Å². The third kappa shape index (κ3) is 1.73. The van der Waals surface area contributed by atoms with Crippen LogP contribution in [0.25, 0.3) is 22.8 Å². The van der Waals surface area contributed by atoms with E-state index in [1.165, 1.54) is 0 Å². The van der Waals surface area contributed by atoms with Gasteiger partial charge in [0.05, 0.1) is 18.1 Å². The van der Waals surface area contributed by atoms with Crippen molar-refractivity contribution in [2.45, 2.75) is 6.92 Å². The highest BCUT2D eigenvalue weighted by Gasteiger charge is 2.14. The number of aromatic nitrogens is 2. The summed E-state index contributed by atoms with van der Waals surface area (Å²) in [7, 11) is 0. The zero-order valence-corrected chi connectivity index (χ0v) is 9.25. The Morgan fingerprint density at radius 1 is 1.00 bits per heavy atom. The Labute approximate surface area is 97.9 Å². The van der Waals surface area contributed by atoms with E-state index in [1.54, 1.807) is 18.7 Å². The summed E-state index contributed by atoms with van der Waals surface area (Å²) < 4.78 is 10.8. The highest BCUT2D eigenvalue weighted by atomic mass is 16.3. The van der Waals surface area contributed by atoms with Gasteiger partial charge in [0, 0.05) is 6.20 Å². The Balaban J connectivity index is 2.22. The predicted octanol–water partition coefficient (Wildman–Crippen LogP) is 3.31. The normalized spacial score (nSPS) is 10.6. The van der Waals surface area contributed by atoms with E-state index in [0.717, 1.165) is 17.0 Å². The van der Waals surface area contributed by atoms with Gasteiger partial charge < -0.3 is 8.83 Å². The monoisotopic (exact) mass is 226 g/mol. The minimum absolute atomic E-state index is 0.701. The van der Waals surface area contributed by atoms with Gasteiger partial charge in [-0.1, -0.05) is 0 Å². The molecular formula is C13H10N2O2. The van der Waals surface area contributed by atoms with Gasteiger partial charge in [0.15, 0.2) is 5.76 Å². The lowest BCUT2D eigenvalue weighted by Crippen LogP contribution is -1.93. The fraction of sp³-hybridized carbons (Fsp3) is 0.0769. The largest absolute Gasteiger partial charge is 0.464 e. The molecule has 0 amide bonds. The predicted molar refractivity (Wildman–Crippen MR) is 62.2 cm³/mol. The van der Waals surface area contributed by atoms with Gasteiger partial charge in [-0.2, -0.15) is 0 Å². The molecule has 0 fully saturated rings. The van der Waals surface area contributed by atoms with Gasteiger partial charge in [0.1, 0.15) is 17.3 Å². The molecule has 0 aromatic carbocycles. The molecule has 0 N–H and O–H groups in total. The van der Waals surface area contributed by atoms with Crippen molar-refractivity contribution < 1.29 is 8.83 Å². The summed E-state index contributed by atoms with van der Waals surface area (Å²) >= 11 is 0.